The highest BCUT2D eigenvalue weighted by molar-refractivity contribution is 6.99. The first kappa shape index (κ1) is 36.1. The molecule has 2 atom stereocenters. The van der Waals surface area contributed by atoms with Crippen LogP contribution in [0.1, 0.15) is 78.5 Å². The number of carbonyl (C=O) groups is 1. The predicted octanol–water partition coefficient (Wildman–Crippen LogP) is 7.49. The molecule has 9 heteroatoms. The molecule has 2 fully saturated rings. The van der Waals surface area contributed by atoms with Gasteiger partial charge < -0.3 is 28.4 Å². The second-order valence-electron chi connectivity index (χ2n) is 16.2. The van der Waals surface area contributed by atoms with E-state index in [1.54, 1.807) is 0 Å². The number of fused-ring (bicyclic) bond motifs is 1. The third-order valence-corrected chi connectivity index (χ3v) is 15.4. The highest BCUT2D eigenvalue weighted by atomic mass is 28.4. The minimum absolute atomic E-state index is 0.0582. The number of aliphatic hydroxyl groups is 1. The molecular weight excluding hydrogens is 645 g/mol. The molecule has 0 radical (unpaired) electrons. The van der Waals surface area contributed by atoms with Gasteiger partial charge in [-0.15, -0.1) is 0 Å². The summed E-state index contributed by atoms with van der Waals surface area (Å²) < 4.78 is 24.9. The van der Waals surface area contributed by atoms with Crippen molar-refractivity contribution >= 4 is 35.8 Å². The molecule has 1 aliphatic carbocycles. The monoisotopic (exact) mass is 698 g/mol. The fraction of sp³-hybridized carbons (Fsp3) is 0.512. The first-order valence-electron chi connectivity index (χ1n) is 18.3. The maximum absolute atomic E-state index is 12.4. The molecule has 1 saturated heterocycles. The van der Waals surface area contributed by atoms with Gasteiger partial charge in [0.1, 0.15) is 11.4 Å². The van der Waals surface area contributed by atoms with Crippen molar-refractivity contribution in [2.75, 3.05) is 26.3 Å². The van der Waals surface area contributed by atoms with Gasteiger partial charge in [-0.1, -0.05) is 86.6 Å². The number of piperidine rings is 1. The van der Waals surface area contributed by atoms with E-state index < -0.39 is 13.9 Å². The lowest BCUT2D eigenvalue weighted by Gasteiger charge is -2.43. The fourth-order valence-electron chi connectivity index (χ4n) is 7.54. The molecule has 50 heavy (non-hydrogen) atoms. The molecule has 0 bridgehead atoms. The topological polar surface area (TPSA) is 94.3 Å². The van der Waals surface area contributed by atoms with Crippen LogP contribution in [0.2, 0.25) is 5.04 Å². The molecule has 1 N–H and O–H groups in total. The summed E-state index contributed by atoms with van der Waals surface area (Å²) in [5.74, 6) is 1.97. The Morgan fingerprint density at radius 1 is 0.900 bits per heavy atom. The lowest BCUT2D eigenvalue weighted by Crippen LogP contribution is -2.66. The molecule has 2 heterocycles. The molecule has 268 valence electrons. The summed E-state index contributed by atoms with van der Waals surface area (Å²) in [5.41, 5.74) is 1.66. The molecule has 3 aromatic carbocycles. The second-order valence-corrected chi connectivity index (χ2v) is 20.5. The zero-order valence-corrected chi connectivity index (χ0v) is 31.6. The summed E-state index contributed by atoms with van der Waals surface area (Å²) >= 11 is 0. The van der Waals surface area contributed by atoms with Gasteiger partial charge in [-0.25, -0.2) is 4.79 Å². The van der Waals surface area contributed by atoms with Crippen molar-refractivity contribution in [2.45, 2.75) is 90.9 Å². The number of ether oxygens (including phenoxy) is 2. The summed E-state index contributed by atoms with van der Waals surface area (Å²) in [7, 11) is -2.58. The Bertz CT molecular complexity index is 1680. The minimum Gasteiger partial charge on any atom is -0.493 e. The average molecular weight is 699 g/mol. The highest BCUT2D eigenvalue weighted by Gasteiger charge is 2.51. The van der Waals surface area contributed by atoms with Crippen molar-refractivity contribution in [3.8, 4) is 5.75 Å². The molecule has 1 amide bonds. The van der Waals surface area contributed by atoms with Crippen LogP contribution in [-0.2, 0) is 22.2 Å². The molecular formula is C41H54N2O6Si. The molecule has 1 aromatic heterocycles. The van der Waals surface area contributed by atoms with Gasteiger partial charge in [0.05, 0.1) is 24.5 Å². The number of aromatic nitrogens is 1. The van der Waals surface area contributed by atoms with E-state index in [1.807, 2.05) is 37.8 Å². The van der Waals surface area contributed by atoms with Gasteiger partial charge in [0.15, 0.2) is 5.58 Å². The van der Waals surface area contributed by atoms with Crippen LogP contribution in [0, 0.1) is 17.8 Å². The number of hydrogen-bond acceptors (Lipinski definition) is 7. The zero-order chi connectivity index (χ0) is 35.5. The fourth-order valence-corrected chi connectivity index (χ4v) is 12.2. The SMILES string of the molecule is CC(C)(C)OC(=O)N1CCC(CCc2noc3c(CO)c(OC[C@H]4C[C@H]4CO[Si](c4ccccc4)(c4ccccc4)C(C)(C)C)ccc23)CC1. The number of nitrogens with zero attached hydrogens (tertiary/aromatic N) is 2. The Kier molecular flexibility index (Phi) is 10.8. The Morgan fingerprint density at radius 3 is 2.10 bits per heavy atom. The molecule has 1 aliphatic heterocycles. The van der Waals surface area contributed by atoms with Gasteiger partial charge in [-0.2, -0.15) is 0 Å². The Morgan fingerprint density at radius 2 is 1.52 bits per heavy atom. The van der Waals surface area contributed by atoms with E-state index in [2.05, 4.69) is 86.6 Å². The van der Waals surface area contributed by atoms with Crippen LogP contribution in [0.5, 0.6) is 5.75 Å². The van der Waals surface area contributed by atoms with Gasteiger partial charge >= 0.3 is 6.09 Å². The molecule has 1 saturated carbocycles. The van der Waals surface area contributed by atoms with Crippen LogP contribution >= 0.6 is 0 Å². The van der Waals surface area contributed by atoms with Crippen molar-refractivity contribution in [2.24, 2.45) is 17.8 Å². The van der Waals surface area contributed by atoms with Gasteiger partial charge in [0, 0.05) is 25.1 Å². The highest BCUT2D eigenvalue weighted by Crippen LogP contribution is 2.43. The molecule has 0 unspecified atom stereocenters. The first-order valence-corrected chi connectivity index (χ1v) is 20.2. The number of carbonyl (C=O) groups excluding carboxylic acids is 1. The van der Waals surface area contributed by atoms with Crippen LogP contribution in [0.4, 0.5) is 4.79 Å². The van der Waals surface area contributed by atoms with E-state index in [1.165, 1.54) is 10.4 Å². The second kappa shape index (κ2) is 14.9. The van der Waals surface area contributed by atoms with Crippen LogP contribution in [0.15, 0.2) is 77.3 Å². The van der Waals surface area contributed by atoms with Crippen LogP contribution in [0.25, 0.3) is 11.0 Å². The average Bonchev–Trinajstić information content (AvgIpc) is 3.72. The van der Waals surface area contributed by atoms with Crippen LogP contribution in [0.3, 0.4) is 0 Å². The smallest absolute Gasteiger partial charge is 0.410 e. The quantitative estimate of drug-likeness (QED) is 0.153. The number of amides is 1. The standard InChI is InChI=1S/C41H54N2O6Si/c1-40(2,3)48-39(45)43-23-21-29(22-24-43)17-19-36-34-18-20-37(35(26-44)38(34)49-42-36)46-27-30-25-31(30)28-47-50(41(4,5)6,32-13-9-7-10-14-32)33-15-11-8-12-16-33/h7-16,18,20,29-31,44H,17,19,21-28H2,1-6H3/t30-,31+/m1/s1. The van der Waals surface area contributed by atoms with Crippen molar-refractivity contribution in [3.63, 3.8) is 0 Å². The Labute approximate surface area is 298 Å². The summed E-state index contributed by atoms with van der Waals surface area (Å²) in [6.45, 7) is 15.1. The Balaban J connectivity index is 1.05. The maximum Gasteiger partial charge on any atom is 0.410 e. The third kappa shape index (κ3) is 7.95. The van der Waals surface area contributed by atoms with Gasteiger partial charge in [0.25, 0.3) is 8.32 Å². The molecule has 0 spiro atoms. The van der Waals surface area contributed by atoms with Crippen molar-refractivity contribution in [1.29, 1.82) is 0 Å². The van der Waals surface area contributed by atoms with E-state index in [0.29, 0.717) is 61.0 Å². The number of hydrogen-bond donors (Lipinski definition) is 1. The lowest BCUT2D eigenvalue weighted by atomic mass is 9.91. The molecule has 8 nitrogen and oxygen atoms in total. The predicted molar refractivity (Wildman–Crippen MR) is 199 cm³/mol. The van der Waals surface area contributed by atoms with E-state index in [9.17, 15) is 9.90 Å². The summed E-state index contributed by atoms with van der Waals surface area (Å²) in [6, 6.07) is 25.5. The number of aryl methyl sites for hydroxylation is 1. The number of likely N-dealkylation sites (tertiary alicyclic amines) is 1. The van der Waals surface area contributed by atoms with Crippen LogP contribution < -0.4 is 15.1 Å². The number of rotatable bonds is 12. The summed E-state index contributed by atoms with van der Waals surface area (Å²) in [5, 5.41) is 18.2. The molecule has 4 aromatic rings. The summed E-state index contributed by atoms with van der Waals surface area (Å²) in [4.78, 5) is 14.3. The minimum atomic E-state index is -2.58. The third-order valence-electron chi connectivity index (χ3n) is 10.4. The van der Waals surface area contributed by atoms with E-state index >= 15 is 0 Å². The number of aliphatic hydroxyl groups excluding tert-OH is 1. The lowest BCUT2D eigenvalue weighted by molar-refractivity contribution is 0.0181. The zero-order valence-electron chi connectivity index (χ0n) is 30.6. The van der Waals surface area contributed by atoms with Gasteiger partial charge in [-0.3, -0.25) is 0 Å². The largest absolute Gasteiger partial charge is 0.493 e. The summed E-state index contributed by atoms with van der Waals surface area (Å²) in [6.07, 6.45) is 4.46. The Hall–Kier alpha value is -3.66. The normalized spacial score (nSPS) is 18.7. The number of benzene rings is 3. The van der Waals surface area contributed by atoms with Gasteiger partial charge in [0.2, 0.25) is 0 Å². The van der Waals surface area contributed by atoms with E-state index in [0.717, 1.165) is 43.2 Å². The first-order chi connectivity index (χ1) is 23.9. The van der Waals surface area contributed by atoms with E-state index in [4.69, 9.17) is 18.4 Å². The van der Waals surface area contributed by atoms with Crippen molar-refractivity contribution < 1.29 is 28.3 Å². The van der Waals surface area contributed by atoms with Crippen molar-refractivity contribution in [3.05, 3.63) is 84.1 Å². The van der Waals surface area contributed by atoms with Crippen molar-refractivity contribution in [1.82, 2.24) is 10.1 Å². The van der Waals surface area contributed by atoms with Gasteiger partial charge in [-0.05, 0) is 98.2 Å². The molecule has 2 aliphatic rings. The van der Waals surface area contributed by atoms with Crippen LogP contribution in [-0.4, -0.2) is 61.5 Å². The maximum atomic E-state index is 12.4. The van der Waals surface area contributed by atoms with E-state index in [-0.39, 0.29) is 17.7 Å². The molecule has 6 rings (SSSR count).